The normalized spacial score (nSPS) is 12.2. The Morgan fingerprint density at radius 3 is 2.63 bits per heavy atom. The van der Waals surface area contributed by atoms with Crippen molar-refractivity contribution in [2.24, 2.45) is 5.73 Å². The zero-order chi connectivity index (χ0) is 13.7. The fourth-order valence-corrected chi connectivity index (χ4v) is 1.68. The molecule has 0 aliphatic carbocycles. The Morgan fingerprint density at radius 1 is 1.32 bits per heavy atom. The van der Waals surface area contributed by atoms with Crippen LogP contribution in [0.4, 0.5) is 6.01 Å². The first kappa shape index (κ1) is 13.4. The van der Waals surface area contributed by atoms with Crippen LogP contribution in [0.2, 0.25) is 0 Å². The first-order chi connectivity index (χ1) is 9.22. The minimum Gasteiger partial charge on any atom is -0.494 e. The summed E-state index contributed by atoms with van der Waals surface area (Å²) in [6.07, 6.45) is 0. The summed E-state index contributed by atoms with van der Waals surface area (Å²) in [5.74, 6) is 1.28. The summed E-state index contributed by atoms with van der Waals surface area (Å²) in [4.78, 5) is 0. The van der Waals surface area contributed by atoms with Crippen LogP contribution in [0.5, 0.6) is 5.75 Å². The minimum absolute atomic E-state index is 0.0572. The van der Waals surface area contributed by atoms with E-state index in [-0.39, 0.29) is 12.6 Å². The van der Waals surface area contributed by atoms with E-state index in [4.69, 9.17) is 14.9 Å². The number of nitrogens with one attached hydrogen (secondary N) is 1. The molecule has 6 nitrogen and oxygen atoms in total. The standard InChI is InChI=1S/C13H18N4O2/c1-3-18-11-6-4-10(5-7-11)9(2)15-13-17-16-12(8-14)19-13/h4-7,9H,3,8,14H2,1-2H3,(H,15,17). The molecule has 6 heteroatoms. The van der Waals surface area contributed by atoms with Crippen molar-refractivity contribution in [1.82, 2.24) is 10.2 Å². The van der Waals surface area contributed by atoms with Gasteiger partial charge in [0.05, 0.1) is 19.2 Å². The van der Waals surface area contributed by atoms with Crippen LogP contribution in [-0.4, -0.2) is 16.8 Å². The van der Waals surface area contributed by atoms with E-state index in [1.807, 2.05) is 38.1 Å². The average Bonchev–Trinajstić information content (AvgIpc) is 2.87. The van der Waals surface area contributed by atoms with Gasteiger partial charge in [-0.2, -0.15) is 0 Å². The van der Waals surface area contributed by atoms with Gasteiger partial charge in [-0.25, -0.2) is 0 Å². The minimum atomic E-state index is 0.0572. The number of hydrogen-bond donors (Lipinski definition) is 2. The second kappa shape index (κ2) is 6.19. The SMILES string of the molecule is CCOc1ccc(C(C)Nc2nnc(CN)o2)cc1. The first-order valence-electron chi connectivity index (χ1n) is 6.24. The topological polar surface area (TPSA) is 86.2 Å². The van der Waals surface area contributed by atoms with Gasteiger partial charge in [-0.1, -0.05) is 17.2 Å². The highest BCUT2D eigenvalue weighted by Gasteiger charge is 2.10. The predicted molar refractivity (Wildman–Crippen MR) is 71.8 cm³/mol. The van der Waals surface area contributed by atoms with Crippen LogP contribution >= 0.6 is 0 Å². The van der Waals surface area contributed by atoms with Gasteiger partial charge in [0, 0.05) is 0 Å². The van der Waals surface area contributed by atoms with E-state index in [2.05, 4.69) is 15.5 Å². The van der Waals surface area contributed by atoms with Crippen LogP contribution in [0.1, 0.15) is 31.3 Å². The van der Waals surface area contributed by atoms with Crippen LogP contribution in [0.3, 0.4) is 0 Å². The molecule has 0 aliphatic rings. The lowest BCUT2D eigenvalue weighted by Gasteiger charge is -2.12. The van der Waals surface area contributed by atoms with Gasteiger partial charge >= 0.3 is 6.01 Å². The lowest BCUT2D eigenvalue weighted by molar-refractivity contribution is 0.340. The Hall–Kier alpha value is -2.08. The highest BCUT2D eigenvalue weighted by molar-refractivity contribution is 5.33. The van der Waals surface area contributed by atoms with E-state index in [0.717, 1.165) is 11.3 Å². The van der Waals surface area contributed by atoms with E-state index in [1.165, 1.54) is 0 Å². The van der Waals surface area contributed by atoms with Crippen molar-refractivity contribution in [3.63, 3.8) is 0 Å². The van der Waals surface area contributed by atoms with Gasteiger partial charge in [0.25, 0.3) is 0 Å². The molecule has 0 spiro atoms. The fourth-order valence-electron chi connectivity index (χ4n) is 1.68. The number of hydrogen-bond acceptors (Lipinski definition) is 6. The number of benzene rings is 1. The number of nitrogens with zero attached hydrogens (tertiary/aromatic N) is 2. The Bertz CT molecular complexity index is 510. The molecular weight excluding hydrogens is 244 g/mol. The first-order valence-corrected chi connectivity index (χ1v) is 6.24. The molecule has 1 heterocycles. The molecule has 19 heavy (non-hydrogen) atoms. The van der Waals surface area contributed by atoms with Crippen molar-refractivity contribution in [2.45, 2.75) is 26.4 Å². The van der Waals surface area contributed by atoms with Crippen LogP contribution in [0.25, 0.3) is 0 Å². The number of anilines is 1. The van der Waals surface area contributed by atoms with Crippen molar-refractivity contribution in [1.29, 1.82) is 0 Å². The van der Waals surface area contributed by atoms with Gasteiger partial charge in [-0.15, -0.1) is 5.10 Å². The zero-order valence-electron chi connectivity index (χ0n) is 11.1. The summed E-state index contributed by atoms with van der Waals surface area (Å²) in [6.45, 7) is 4.88. The highest BCUT2D eigenvalue weighted by Crippen LogP contribution is 2.21. The molecular formula is C13H18N4O2. The molecule has 102 valence electrons. The second-order valence-corrected chi connectivity index (χ2v) is 4.07. The molecule has 0 bridgehead atoms. The van der Waals surface area contributed by atoms with Gasteiger partial charge < -0.3 is 20.2 Å². The molecule has 0 saturated heterocycles. The lowest BCUT2D eigenvalue weighted by atomic mass is 10.1. The maximum Gasteiger partial charge on any atom is 0.315 e. The number of ether oxygens (including phenoxy) is 1. The van der Waals surface area contributed by atoms with Gasteiger partial charge in [-0.3, -0.25) is 0 Å². The van der Waals surface area contributed by atoms with Crippen LogP contribution in [0, 0.1) is 0 Å². The maximum atomic E-state index is 5.41. The molecule has 0 radical (unpaired) electrons. The number of rotatable bonds is 6. The molecule has 2 aromatic rings. The van der Waals surface area contributed by atoms with Gasteiger partial charge in [0.1, 0.15) is 5.75 Å². The fraction of sp³-hybridized carbons (Fsp3) is 0.385. The molecule has 1 aromatic carbocycles. The zero-order valence-corrected chi connectivity index (χ0v) is 11.1. The summed E-state index contributed by atoms with van der Waals surface area (Å²) >= 11 is 0. The molecule has 0 saturated carbocycles. The summed E-state index contributed by atoms with van der Waals surface area (Å²) < 4.78 is 10.7. The molecule has 1 atom stereocenters. The summed E-state index contributed by atoms with van der Waals surface area (Å²) in [5, 5.41) is 10.8. The third-order valence-electron chi connectivity index (χ3n) is 2.67. The Balaban J connectivity index is 2.00. The van der Waals surface area contributed by atoms with Crippen molar-refractivity contribution >= 4 is 6.01 Å². The van der Waals surface area contributed by atoms with Crippen molar-refractivity contribution in [3.05, 3.63) is 35.7 Å². The molecule has 1 aromatic heterocycles. The third kappa shape index (κ3) is 3.45. The van der Waals surface area contributed by atoms with E-state index >= 15 is 0 Å². The Labute approximate surface area is 112 Å². The van der Waals surface area contributed by atoms with E-state index in [9.17, 15) is 0 Å². The quantitative estimate of drug-likeness (QED) is 0.829. The average molecular weight is 262 g/mol. The largest absolute Gasteiger partial charge is 0.494 e. The predicted octanol–water partition coefficient (Wildman–Crippen LogP) is 2.10. The van der Waals surface area contributed by atoms with Crippen LogP contribution in [0.15, 0.2) is 28.7 Å². The van der Waals surface area contributed by atoms with Gasteiger partial charge in [-0.05, 0) is 31.5 Å². The van der Waals surface area contributed by atoms with E-state index in [0.29, 0.717) is 18.5 Å². The van der Waals surface area contributed by atoms with Crippen LogP contribution < -0.4 is 15.8 Å². The molecule has 0 aliphatic heterocycles. The Kier molecular flexibility index (Phi) is 4.35. The highest BCUT2D eigenvalue weighted by atomic mass is 16.5. The van der Waals surface area contributed by atoms with Crippen molar-refractivity contribution in [3.8, 4) is 5.75 Å². The maximum absolute atomic E-state index is 5.41. The lowest BCUT2D eigenvalue weighted by Crippen LogP contribution is -2.06. The number of aromatic nitrogens is 2. The van der Waals surface area contributed by atoms with E-state index < -0.39 is 0 Å². The summed E-state index contributed by atoms with van der Waals surface area (Å²) in [5.41, 5.74) is 6.52. The summed E-state index contributed by atoms with van der Waals surface area (Å²) in [6, 6.07) is 8.32. The van der Waals surface area contributed by atoms with Gasteiger partial charge in [0.2, 0.25) is 5.89 Å². The van der Waals surface area contributed by atoms with E-state index in [1.54, 1.807) is 0 Å². The molecule has 1 unspecified atom stereocenters. The molecule has 0 fully saturated rings. The Morgan fingerprint density at radius 2 is 2.05 bits per heavy atom. The molecule has 0 amide bonds. The van der Waals surface area contributed by atoms with Crippen molar-refractivity contribution < 1.29 is 9.15 Å². The third-order valence-corrected chi connectivity index (χ3v) is 2.67. The van der Waals surface area contributed by atoms with Crippen molar-refractivity contribution in [2.75, 3.05) is 11.9 Å². The molecule has 2 rings (SSSR count). The second-order valence-electron chi connectivity index (χ2n) is 4.07. The smallest absolute Gasteiger partial charge is 0.315 e. The monoisotopic (exact) mass is 262 g/mol. The number of nitrogens with two attached hydrogens (primary N) is 1. The van der Waals surface area contributed by atoms with Crippen LogP contribution in [-0.2, 0) is 6.54 Å². The summed E-state index contributed by atoms with van der Waals surface area (Å²) in [7, 11) is 0. The molecule has 3 N–H and O–H groups in total. The van der Waals surface area contributed by atoms with Gasteiger partial charge in [0.15, 0.2) is 0 Å².